The van der Waals surface area contributed by atoms with E-state index in [9.17, 15) is 0 Å². The summed E-state index contributed by atoms with van der Waals surface area (Å²) in [6.07, 6.45) is 0. The summed E-state index contributed by atoms with van der Waals surface area (Å²) in [4.78, 5) is 0. The SMILES string of the molecule is COc1ccc(Br)cc1NCc1ccc(Br)o1. The van der Waals surface area contributed by atoms with E-state index in [1.807, 2.05) is 30.3 Å². The Morgan fingerprint density at radius 3 is 2.71 bits per heavy atom. The summed E-state index contributed by atoms with van der Waals surface area (Å²) in [5.41, 5.74) is 0.925. The zero-order chi connectivity index (χ0) is 12.3. The van der Waals surface area contributed by atoms with E-state index in [0.29, 0.717) is 6.54 Å². The predicted molar refractivity (Wildman–Crippen MR) is 74.4 cm³/mol. The topological polar surface area (TPSA) is 34.4 Å². The van der Waals surface area contributed by atoms with Gasteiger partial charge in [-0.05, 0) is 46.3 Å². The summed E-state index contributed by atoms with van der Waals surface area (Å²) in [6.45, 7) is 0.610. The van der Waals surface area contributed by atoms with Crippen LogP contribution in [0.15, 0.2) is 43.9 Å². The molecule has 0 atom stereocenters. The fraction of sp³-hybridized carbons (Fsp3) is 0.167. The number of benzene rings is 1. The zero-order valence-electron chi connectivity index (χ0n) is 9.17. The van der Waals surface area contributed by atoms with Crippen LogP contribution in [-0.2, 0) is 6.54 Å². The lowest BCUT2D eigenvalue weighted by Crippen LogP contribution is -2.00. The van der Waals surface area contributed by atoms with Gasteiger partial charge in [-0.2, -0.15) is 0 Å². The van der Waals surface area contributed by atoms with Gasteiger partial charge in [-0.1, -0.05) is 15.9 Å². The molecular formula is C12H11Br2NO2. The molecule has 0 saturated carbocycles. The quantitative estimate of drug-likeness (QED) is 0.875. The van der Waals surface area contributed by atoms with Crippen LogP contribution in [0.2, 0.25) is 0 Å². The van der Waals surface area contributed by atoms with Crippen LogP contribution >= 0.6 is 31.9 Å². The van der Waals surface area contributed by atoms with Gasteiger partial charge in [-0.3, -0.25) is 0 Å². The van der Waals surface area contributed by atoms with Crippen LogP contribution in [0.25, 0.3) is 0 Å². The Hall–Kier alpha value is -0.940. The molecular weight excluding hydrogens is 350 g/mol. The van der Waals surface area contributed by atoms with Crippen molar-refractivity contribution in [1.82, 2.24) is 0 Å². The fourth-order valence-electron chi connectivity index (χ4n) is 1.45. The number of anilines is 1. The van der Waals surface area contributed by atoms with Crippen LogP contribution in [0.5, 0.6) is 5.75 Å². The molecule has 0 aliphatic heterocycles. The highest BCUT2D eigenvalue weighted by Gasteiger charge is 2.05. The molecule has 90 valence electrons. The smallest absolute Gasteiger partial charge is 0.169 e. The molecule has 0 aliphatic rings. The summed E-state index contributed by atoms with van der Waals surface area (Å²) in [6, 6.07) is 9.60. The van der Waals surface area contributed by atoms with E-state index >= 15 is 0 Å². The van der Waals surface area contributed by atoms with Gasteiger partial charge in [-0.15, -0.1) is 0 Å². The van der Waals surface area contributed by atoms with Gasteiger partial charge in [0.05, 0.1) is 19.3 Å². The molecule has 0 amide bonds. The summed E-state index contributed by atoms with van der Waals surface area (Å²) < 4.78 is 12.4. The van der Waals surface area contributed by atoms with Crippen molar-refractivity contribution in [2.24, 2.45) is 0 Å². The molecule has 3 nitrogen and oxygen atoms in total. The molecule has 1 aromatic heterocycles. The fourth-order valence-corrected chi connectivity index (χ4v) is 2.15. The van der Waals surface area contributed by atoms with Gasteiger partial charge in [-0.25, -0.2) is 0 Å². The molecule has 5 heteroatoms. The third-order valence-corrected chi connectivity index (χ3v) is 3.16. The summed E-state index contributed by atoms with van der Waals surface area (Å²) in [5.74, 6) is 1.66. The van der Waals surface area contributed by atoms with Gasteiger partial charge < -0.3 is 14.5 Å². The number of hydrogen-bond acceptors (Lipinski definition) is 3. The molecule has 0 bridgehead atoms. The standard InChI is InChI=1S/C12H11Br2NO2/c1-16-11-4-2-8(13)6-10(11)15-7-9-3-5-12(14)17-9/h2-6,15H,7H2,1H3. The highest BCUT2D eigenvalue weighted by atomic mass is 79.9. The maximum Gasteiger partial charge on any atom is 0.169 e. The van der Waals surface area contributed by atoms with E-state index in [2.05, 4.69) is 37.2 Å². The van der Waals surface area contributed by atoms with Crippen molar-refractivity contribution in [3.05, 3.63) is 45.2 Å². The van der Waals surface area contributed by atoms with Crippen LogP contribution in [0.3, 0.4) is 0 Å². The van der Waals surface area contributed by atoms with Crippen molar-refractivity contribution in [3.8, 4) is 5.75 Å². The van der Waals surface area contributed by atoms with E-state index in [-0.39, 0.29) is 0 Å². The lowest BCUT2D eigenvalue weighted by Gasteiger charge is -2.10. The number of nitrogens with one attached hydrogen (secondary N) is 1. The number of rotatable bonds is 4. The van der Waals surface area contributed by atoms with Crippen LogP contribution < -0.4 is 10.1 Å². The summed E-state index contributed by atoms with van der Waals surface area (Å²) in [7, 11) is 1.65. The monoisotopic (exact) mass is 359 g/mol. The molecule has 0 radical (unpaired) electrons. The highest BCUT2D eigenvalue weighted by Crippen LogP contribution is 2.28. The molecule has 17 heavy (non-hydrogen) atoms. The van der Waals surface area contributed by atoms with Gasteiger partial charge >= 0.3 is 0 Å². The lowest BCUT2D eigenvalue weighted by atomic mass is 10.3. The number of halogens is 2. The van der Waals surface area contributed by atoms with E-state index in [4.69, 9.17) is 9.15 Å². The number of methoxy groups -OCH3 is 1. The first-order valence-corrected chi connectivity index (χ1v) is 6.59. The Labute approximate surface area is 116 Å². The molecule has 2 rings (SSSR count). The Morgan fingerprint density at radius 1 is 1.24 bits per heavy atom. The van der Waals surface area contributed by atoms with Gasteiger partial charge in [0, 0.05) is 4.47 Å². The molecule has 0 unspecified atom stereocenters. The Balaban J connectivity index is 2.10. The third-order valence-electron chi connectivity index (χ3n) is 2.24. The van der Waals surface area contributed by atoms with E-state index in [0.717, 1.165) is 26.3 Å². The number of ether oxygens (including phenoxy) is 1. The predicted octanol–water partition coefficient (Wildman–Crippen LogP) is 4.43. The van der Waals surface area contributed by atoms with Gasteiger partial charge in [0.1, 0.15) is 11.5 Å². The van der Waals surface area contributed by atoms with E-state index < -0.39 is 0 Å². The third kappa shape index (κ3) is 3.26. The summed E-state index contributed by atoms with van der Waals surface area (Å²) >= 11 is 6.70. The maximum absolute atomic E-state index is 5.41. The number of furan rings is 1. The Kier molecular flexibility index (Phi) is 4.12. The first-order chi connectivity index (χ1) is 8.19. The highest BCUT2D eigenvalue weighted by molar-refractivity contribution is 9.10. The number of hydrogen-bond donors (Lipinski definition) is 1. The average Bonchev–Trinajstić information content (AvgIpc) is 2.73. The minimum absolute atomic E-state index is 0.610. The molecule has 0 spiro atoms. The minimum Gasteiger partial charge on any atom is -0.495 e. The molecule has 0 saturated heterocycles. The molecule has 1 N–H and O–H groups in total. The van der Waals surface area contributed by atoms with Crippen molar-refractivity contribution in [3.63, 3.8) is 0 Å². The van der Waals surface area contributed by atoms with Crippen molar-refractivity contribution in [2.45, 2.75) is 6.54 Å². The second-order valence-electron chi connectivity index (χ2n) is 3.40. The van der Waals surface area contributed by atoms with E-state index in [1.165, 1.54) is 0 Å². The van der Waals surface area contributed by atoms with E-state index in [1.54, 1.807) is 7.11 Å². The lowest BCUT2D eigenvalue weighted by molar-refractivity contribution is 0.416. The second-order valence-corrected chi connectivity index (χ2v) is 5.10. The Morgan fingerprint density at radius 2 is 2.06 bits per heavy atom. The van der Waals surface area contributed by atoms with Crippen LogP contribution in [0.4, 0.5) is 5.69 Å². The molecule has 0 aliphatic carbocycles. The van der Waals surface area contributed by atoms with Crippen molar-refractivity contribution in [1.29, 1.82) is 0 Å². The normalized spacial score (nSPS) is 10.3. The molecule has 1 aromatic carbocycles. The molecule has 1 heterocycles. The second kappa shape index (κ2) is 5.60. The van der Waals surface area contributed by atoms with Crippen molar-refractivity contribution < 1.29 is 9.15 Å². The van der Waals surface area contributed by atoms with Gasteiger partial charge in [0.15, 0.2) is 4.67 Å². The van der Waals surface area contributed by atoms with Crippen LogP contribution in [-0.4, -0.2) is 7.11 Å². The van der Waals surface area contributed by atoms with Crippen molar-refractivity contribution in [2.75, 3.05) is 12.4 Å². The molecule has 0 fully saturated rings. The maximum atomic E-state index is 5.41. The van der Waals surface area contributed by atoms with Crippen molar-refractivity contribution >= 4 is 37.5 Å². The first kappa shape index (κ1) is 12.5. The summed E-state index contributed by atoms with van der Waals surface area (Å²) in [5, 5.41) is 3.27. The largest absolute Gasteiger partial charge is 0.495 e. The Bertz CT molecular complexity index is 511. The average molecular weight is 361 g/mol. The first-order valence-electron chi connectivity index (χ1n) is 5.00. The van der Waals surface area contributed by atoms with Crippen LogP contribution in [0, 0.1) is 0 Å². The van der Waals surface area contributed by atoms with Gasteiger partial charge in [0.2, 0.25) is 0 Å². The van der Waals surface area contributed by atoms with Gasteiger partial charge in [0.25, 0.3) is 0 Å². The minimum atomic E-state index is 0.610. The zero-order valence-corrected chi connectivity index (χ0v) is 12.3. The molecule has 2 aromatic rings. The van der Waals surface area contributed by atoms with Crippen LogP contribution in [0.1, 0.15) is 5.76 Å².